The molecule has 0 bridgehead atoms. The van der Waals surface area contributed by atoms with Crippen LogP contribution in [0, 0.1) is 5.41 Å². The van der Waals surface area contributed by atoms with Crippen molar-refractivity contribution >= 4 is 11.8 Å². The fourth-order valence-corrected chi connectivity index (χ4v) is 3.75. The van der Waals surface area contributed by atoms with Crippen LogP contribution in [-0.4, -0.2) is 31.0 Å². The Morgan fingerprint density at radius 1 is 1.33 bits per heavy atom. The minimum Gasteiger partial charge on any atom is -0.492 e. The lowest BCUT2D eigenvalue weighted by molar-refractivity contribution is -0.121. The van der Waals surface area contributed by atoms with Gasteiger partial charge in [-0.1, -0.05) is 27.7 Å². The van der Waals surface area contributed by atoms with Crippen molar-refractivity contribution in [2.75, 3.05) is 13.2 Å². The van der Waals surface area contributed by atoms with Gasteiger partial charge in [0.2, 0.25) is 5.91 Å². The zero-order chi connectivity index (χ0) is 17.5. The van der Waals surface area contributed by atoms with Crippen LogP contribution >= 0.6 is 0 Å². The Kier molecular flexibility index (Phi) is 4.06. The molecule has 1 fully saturated rings. The average molecular weight is 330 g/mol. The van der Waals surface area contributed by atoms with Gasteiger partial charge in [-0.05, 0) is 31.0 Å². The van der Waals surface area contributed by atoms with Gasteiger partial charge in [-0.3, -0.25) is 9.59 Å². The average Bonchev–Trinajstić information content (AvgIpc) is 3.05. The first kappa shape index (κ1) is 16.8. The molecule has 2 heterocycles. The van der Waals surface area contributed by atoms with E-state index >= 15 is 0 Å². The van der Waals surface area contributed by atoms with E-state index < -0.39 is 6.04 Å². The molecule has 1 atom stereocenters. The van der Waals surface area contributed by atoms with Gasteiger partial charge in [0.25, 0.3) is 5.91 Å². The summed E-state index contributed by atoms with van der Waals surface area (Å²) in [5, 5.41) is 5.86. The van der Waals surface area contributed by atoms with Gasteiger partial charge >= 0.3 is 0 Å². The lowest BCUT2D eigenvalue weighted by Gasteiger charge is -2.31. The minimum absolute atomic E-state index is 0.0862. The molecule has 130 valence electrons. The summed E-state index contributed by atoms with van der Waals surface area (Å²) in [4.78, 5) is 25.0. The molecule has 2 N–H and O–H groups in total. The first-order chi connectivity index (χ1) is 11.3. The van der Waals surface area contributed by atoms with Crippen molar-refractivity contribution in [3.63, 3.8) is 0 Å². The van der Waals surface area contributed by atoms with Crippen molar-refractivity contribution in [3.05, 3.63) is 29.3 Å². The van der Waals surface area contributed by atoms with Crippen LogP contribution in [0.15, 0.2) is 18.2 Å². The van der Waals surface area contributed by atoms with Gasteiger partial charge in [0, 0.05) is 28.5 Å². The Morgan fingerprint density at radius 3 is 2.71 bits per heavy atom. The van der Waals surface area contributed by atoms with Crippen LogP contribution in [0.25, 0.3) is 0 Å². The van der Waals surface area contributed by atoms with Gasteiger partial charge in [0.05, 0.1) is 6.61 Å². The molecule has 0 aromatic heterocycles. The summed E-state index contributed by atoms with van der Waals surface area (Å²) in [6.07, 6.45) is 1.69. The molecule has 0 radical (unpaired) electrons. The fourth-order valence-electron chi connectivity index (χ4n) is 3.75. The zero-order valence-electron chi connectivity index (χ0n) is 14.9. The molecule has 5 heteroatoms. The number of carbonyl (C=O) groups is 2. The third-order valence-electron chi connectivity index (χ3n) is 5.73. The van der Waals surface area contributed by atoms with Gasteiger partial charge in [-0.25, -0.2) is 0 Å². The number of ether oxygens (including phenoxy) is 1. The lowest BCUT2D eigenvalue weighted by Crippen LogP contribution is -2.48. The molecular formula is C19H26N2O3. The van der Waals surface area contributed by atoms with Crippen LogP contribution in [0.4, 0.5) is 0 Å². The van der Waals surface area contributed by atoms with Crippen LogP contribution in [0.1, 0.15) is 56.5 Å². The van der Waals surface area contributed by atoms with Gasteiger partial charge in [0.1, 0.15) is 11.8 Å². The van der Waals surface area contributed by atoms with Gasteiger partial charge < -0.3 is 15.4 Å². The number of benzene rings is 1. The van der Waals surface area contributed by atoms with Gasteiger partial charge in [0.15, 0.2) is 0 Å². The fraction of sp³-hybridized carbons (Fsp3) is 0.579. The largest absolute Gasteiger partial charge is 0.492 e. The molecule has 0 saturated carbocycles. The summed E-state index contributed by atoms with van der Waals surface area (Å²) in [5.74, 6) is 0.553. The quantitative estimate of drug-likeness (QED) is 0.891. The molecule has 3 rings (SSSR count). The summed E-state index contributed by atoms with van der Waals surface area (Å²) < 4.78 is 5.67. The number of rotatable bonds is 4. The molecule has 2 amide bonds. The highest BCUT2D eigenvalue weighted by atomic mass is 16.5. The van der Waals surface area contributed by atoms with Crippen LogP contribution in [0.5, 0.6) is 5.75 Å². The molecule has 0 aliphatic carbocycles. The topological polar surface area (TPSA) is 67.4 Å². The maximum Gasteiger partial charge on any atom is 0.251 e. The molecule has 1 saturated heterocycles. The predicted octanol–water partition coefficient (Wildman–Crippen LogP) is 2.39. The van der Waals surface area contributed by atoms with Crippen molar-refractivity contribution < 1.29 is 14.3 Å². The molecule has 1 aromatic rings. The molecule has 24 heavy (non-hydrogen) atoms. The molecular weight excluding hydrogens is 304 g/mol. The van der Waals surface area contributed by atoms with E-state index in [-0.39, 0.29) is 22.6 Å². The molecule has 2 aliphatic heterocycles. The van der Waals surface area contributed by atoms with E-state index in [0.717, 1.165) is 24.2 Å². The molecule has 5 nitrogen and oxygen atoms in total. The Hall–Kier alpha value is -2.04. The van der Waals surface area contributed by atoms with Gasteiger partial charge in [-0.2, -0.15) is 0 Å². The predicted molar refractivity (Wildman–Crippen MR) is 92.2 cm³/mol. The van der Waals surface area contributed by atoms with Crippen LogP contribution in [-0.2, 0) is 10.2 Å². The van der Waals surface area contributed by atoms with Crippen molar-refractivity contribution in [2.45, 2.75) is 52.0 Å². The SMILES string of the molecule is CCC1(CC)CNC(=O)C1NC(=O)c1ccc2c(c1)C(C)(C)CO2. The number of fused-ring (bicyclic) bond motifs is 1. The number of hydrogen-bond acceptors (Lipinski definition) is 3. The third kappa shape index (κ3) is 2.56. The Morgan fingerprint density at radius 2 is 2.04 bits per heavy atom. The standard InChI is InChI=1S/C19H26N2O3/c1-5-19(6-2)10-20-17(23)15(19)21-16(22)12-7-8-14-13(9-12)18(3,4)11-24-14/h7-9,15H,5-6,10-11H2,1-4H3,(H,20,23)(H,21,22). The summed E-state index contributed by atoms with van der Waals surface area (Å²) >= 11 is 0. The second kappa shape index (κ2) is 5.80. The number of hydrogen-bond donors (Lipinski definition) is 2. The highest BCUT2D eigenvalue weighted by Crippen LogP contribution is 2.39. The Bertz CT molecular complexity index is 677. The van der Waals surface area contributed by atoms with E-state index in [1.807, 2.05) is 12.1 Å². The molecule has 0 spiro atoms. The maximum atomic E-state index is 12.7. The van der Waals surface area contributed by atoms with Crippen molar-refractivity contribution in [1.82, 2.24) is 10.6 Å². The van der Waals surface area contributed by atoms with Crippen LogP contribution in [0.2, 0.25) is 0 Å². The first-order valence-corrected chi connectivity index (χ1v) is 8.69. The van der Waals surface area contributed by atoms with Crippen molar-refractivity contribution in [1.29, 1.82) is 0 Å². The number of carbonyl (C=O) groups excluding carboxylic acids is 2. The highest BCUT2D eigenvalue weighted by molar-refractivity contribution is 5.98. The smallest absolute Gasteiger partial charge is 0.251 e. The van der Waals surface area contributed by atoms with E-state index in [4.69, 9.17) is 4.74 Å². The molecule has 2 aliphatic rings. The van der Waals surface area contributed by atoms with E-state index in [9.17, 15) is 9.59 Å². The highest BCUT2D eigenvalue weighted by Gasteiger charge is 2.46. The first-order valence-electron chi connectivity index (χ1n) is 8.69. The van der Waals surface area contributed by atoms with Crippen LogP contribution in [0.3, 0.4) is 0 Å². The minimum atomic E-state index is -0.475. The van der Waals surface area contributed by atoms with Gasteiger partial charge in [-0.15, -0.1) is 0 Å². The third-order valence-corrected chi connectivity index (χ3v) is 5.73. The number of amides is 2. The van der Waals surface area contributed by atoms with Crippen molar-refractivity contribution in [2.24, 2.45) is 5.41 Å². The zero-order valence-corrected chi connectivity index (χ0v) is 14.9. The summed E-state index contributed by atoms with van der Waals surface area (Å²) in [6.45, 7) is 9.58. The summed E-state index contributed by atoms with van der Waals surface area (Å²) in [7, 11) is 0. The van der Waals surface area contributed by atoms with Crippen LogP contribution < -0.4 is 15.4 Å². The Balaban J connectivity index is 1.84. The summed E-state index contributed by atoms with van der Waals surface area (Å²) in [6, 6.07) is 5.03. The monoisotopic (exact) mass is 330 g/mol. The molecule has 1 unspecified atom stereocenters. The Labute approximate surface area is 143 Å². The van der Waals surface area contributed by atoms with Crippen molar-refractivity contribution in [3.8, 4) is 5.75 Å². The summed E-state index contributed by atoms with van der Waals surface area (Å²) in [5.41, 5.74) is 1.31. The van der Waals surface area contributed by atoms with E-state index in [1.165, 1.54) is 0 Å². The van der Waals surface area contributed by atoms with E-state index in [2.05, 4.69) is 38.3 Å². The lowest BCUT2D eigenvalue weighted by atomic mass is 9.77. The normalized spacial score (nSPS) is 23.3. The second-order valence-electron chi connectivity index (χ2n) is 7.58. The molecule has 1 aromatic carbocycles. The second-order valence-corrected chi connectivity index (χ2v) is 7.58. The maximum absolute atomic E-state index is 12.7. The van der Waals surface area contributed by atoms with E-state index in [1.54, 1.807) is 6.07 Å². The number of nitrogens with one attached hydrogen (secondary N) is 2. The van der Waals surface area contributed by atoms with E-state index in [0.29, 0.717) is 18.7 Å².